The molecule has 18 heavy (non-hydrogen) atoms. The van der Waals surface area contributed by atoms with E-state index in [1.807, 2.05) is 0 Å². The molecule has 0 radical (unpaired) electrons. The minimum atomic E-state index is 0. The van der Waals surface area contributed by atoms with Crippen LogP contribution in [0.25, 0.3) is 0 Å². The van der Waals surface area contributed by atoms with Gasteiger partial charge in [-0.05, 0) is 25.8 Å². The van der Waals surface area contributed by atoms with Crippen LogP contribution in [-0.4, -0.2) is 30.0 Å². The third-order valence-corrected chi connectivity index (χ3v) is 3.69. The summed E-state index contributed by atoms with van der Waals surface area (Å²) in [5.74, 6) is 0.0218. The van der Waals surface area contributed by atoms with Gasteiger partial charge < -0.3 is 10.6 Å². The van der Waals surface area contributed by atoms with Crippen LogP contribution in [0.2, 0.25) is 0 Å². The number of aromatic nitrogens is 1. The third-order valence-electron chi connectivity index (χ3n) is 2.64. The van der Waals surface area contributed by atoms with E-state index in [2.05, 4.69) is 22.5 Å². The fourth-order valence-electron chi connectivity index (χ4n) is 1.78. The first-order chi connectivity index (χ1) is 7.79. The monoisotopic (exact) mass is 311 g/mol. The van der Waals surface area contributed by atoms with E-state index in [0.29, 0.717) is 0 Å². The maximum absolute atomic E-state index is 11.8. The molecular formula is C11H19Cl2N3OS. The van der Waals surface area contributed by atoms with Gasteiger partial charge in [0.15, 0.2) is 0 Å². The van der Waals surface area contributed by atoms with Crippen LogP contribution in [0.3, 0.4) is 0 Å². The van der Waals surface area contributed by atoms with E-state index in [4.69, 9.17) is 0 Å². The molecule has 1 amide bonds. The summed E-state index contributed by atoms with van der Waals surface area (Å²) in [6.45, 7) is 3.99. The van der Waals surface area contributed by atoms with Crippen molar-refractivity contribution in [3.63, 3.8) is 0 Å². The molecule has 2 N–H and O–H groups in total. The van der Waals surface area contributed by atoms with Crippen LogP contribution in [0.4, 0.5) is 0 Å². The van der Waals surface area contributed by atoms with Gasteiger partial charge >= 0.3 is 0 Å². The van der Waals surface area contributed by atoms with Gasteiger partial charge in [-0.25, -0.2) is 4.98 Å². The highest BCUT2D eigenvalue weighted by Gasteiger charge is 2.18. The van der Waals surface area contributed by atoms with Crippen LogP contribution >= 0.6 is 36.2 Å². The number of thiazole rings is 1. The van der Waals surface area contributed by atoms with Crippen LogP contribution in [-0.2, 0) is 6.42 Å². The van der Waals surface area contributed by atoms with E-state index >= 15 is 0 Å². The predicted octanol–water partition coefficient (Wildman–Crippen LogP) is 2.03. The highest BCUT2D eigenvalue weighted by molar-refractivity contribution is 7.13. The number of carbonyl (C=O) groups excluding carboxylic acids is 1. The zero-order valence-corrected chi connectivity index (χ0v) is 12.7. The summed E-state index contributed by atoms with van der Waals surface area (Å²) in [4.78, 5) is 16.8. The lowest BCUT2D eigenvalue weighted by Gasteiger charge is -2.09. The number of nitrogens with zero attached hydrogens (tertiary/aromatic N) is 1. The van der Waals surface area contributed by atoms with Gasteiger partial charge in [0.25, 0.3) is 5.91 Å². The molecule has 1 unspecified atom stereocenters. The Bertz CT molecular complexity index is 367. The largest absolute Gasteiger partial charge is 0.347 e. The molecule has 2 heterocycles. The Morgan fingerprint density at radius 3 is 3.00 bits per heavy atom. The van der Waals surface area contributed by atoms with Crippen LogP contribution in [0.15, 0.2) is 6.20 Å². The molecule has 0 saturated carbocycles. The minimum Gasteiger partial charge on any atom is -0.347 e. The molecule has 0 bridgehead atoms. The molecule has 1 atom stereocenters. The summed E-state index contributed by atoms with van der Waals surface area (Å²) in [5, 5.41) is 7.30. The lowest BCUT2D eigenvalue weighted by atomic mass is 10.2. The van der Waals surface area contributed by atoms with Gasteiger partial charge in [0.1, 0.15) is 4.88 Å². The second kappa shape index (κ2) is 8.69. The molecule has 7 heteroatoms. The Morgan fingerprint density at radius 2 is 2.39 bits per heavy atom. The summed E-state index contributed by atoms with van der Waals surface area (Å²) < 4.78 is 0. The van der Waals surface area contributed by atoms with Gasteiger partial charge in [0, 0.05) is 12.6 Å². The molecule has 1 aliphatic heterocycles. The fraction of sp³-hybridized carbons (Fsp3) is 0.636. The summed E-state index contributed by atoms with van der Waals surface area (Å²) in [6, 6.07) is 0.282. The van der Waals surface area contributed by atoms with Crippen LogP contribution < -0.4 is 10.6 Å². The van der Waals surface area contributed by atoms with Crippen molar-refractivity contribution in [1.82, 2.24) is 15.6 Å². The van der Waals surface area contributed by atoms with Crippen LogP contribution in [0.1, 0.15) is 34.4 Å². The van der Waals surface area contributed by atoms with Crippen LogP contribution in [0, 0.1) is 0 Å². The Morgan fingerprint density at radius 1 is 1.61 bits per heavy atom. The lowest BCUT2D eigenvalue weighted by Crippen LogP contribution is -2.35. The van der Waals surface area contributed by atoms with E-state index in [1.54, 1.807) is 6.20 Å². The average molecular weight is 312 g/mol. The Hall–Kier alpha value is -0.360. The van der Waals surface area contributed by atoms with Crippen molar-refractivity contribution in [2.24, 2.45) is 0 Å². The molecule has 4 nitrogen and oxygen atoms in total. The highest BCUT2D eigenvalue weighted by Crippen LogP contribution is 2.14. The van der Waals surface area contributed by atoms with E-state index in [9.17, 15) is 4.79 Å². The first-order valence-corrected chi connectivity index (χ1v) is 6.57. The van der Waals surface area contributed by atoms with Gasteiger partial charge in [0.2, 0.25) is 0 Å². The summed E-state index contributed by atoms with van der Waals surface area (Å²) in [7, 11) is 0. The van der Waals surface area contributed by atoms with Crippen LogP contribution in [0.5, 0.6) is 0 Å². The van der Waals surface area contributed by atoms with Gasteiger partial charge in [0.05, 0.1) is 11.2 Å². The Balaban J connectivity index is 0.00000144. The maximum atomic E-state index is 11.8. The molecular weight excluding hydrogens is 293 g/mol. The van der Waals surface area contributed by atoms with Crippen molar-refractivity contribution in [2.75, 3.05) is 13.1 Å². The molecule has 1 saturated heterocycles. The zero-order valence-electron chi connectivity index (χ0n) is 10.3. The van der Waals surface area contributed by atoms with Crippen molar-refractivity contribution in [3.8, 4) is 0 Å². The van der Waals surface area contributed by atoms with Gasteiger partial charge in [-0.3, -0.25) is 4.79 Å². The van der Waals surface area contributed by atoms with Crippen molar-refractivity contribution >= 4 is 42.1 Å². The number of amides is 1. The second-order valence-electron chi connectivity index (χ2n) is 4.03. The first-order valence-electron chi connectivity index (χ1n) is 5.76. The normalized spacial score (nSPS) is 17.7. The van der Waals surface area contributed by atoms with Crippen molar-refractivity contribution in [1.29, 1.82) is 0 Å². The molecule has 1 fully saturated rings. The Kier molecular flexibility index (Phi) is 8.52. The summed E-state index contributed by atoms with van der Waals surface area (Å²) in [5.41, 5.74) is 0. The number of rotatable bonds is 4. The topological polar surface area (TPSA) is 54.0 Å². The molecule has 0 aromatic carbocycles. The average Bonchev–Trinajstić information content (AvgIpc) is 2.89. The number of hydrogen-bond acceptors (Lipinski definition) is 4. The summed E-state index contributed by atoms with van der Waals surface area (Å²) in [6.07, 6.45) is 4.74. The number of carbonyl (C=O) groups is 1. The number of hydrogen-bond donors (Lipinski definition) is 2. The van der Waals surface area contributed by atoms with Crippen molar-refractivity contribution in [2.45, 2.75) is 32.2 Å². The minimum absolute atomic E-state index is 0. The number of halogens is 2. The second-order valence-corrected chi connectivity index (χ2v) is 5.15. The van der Waals surface area contributed by atoms with Gasteiger partial charge in [-0.1, -0.05) is 6.92 Å². The molecule has 1 aromatic heterocycles. The highest BCUT2D eigenvalue weighted by atomic mass is 35.5. The smallest absolute Gasteiger partial charge is 0.263 e. The molecule has 1 aliphatic rings. The van der Waals surface area contributed by atoms with Crippen molar-refractivity contribution < 1.29 is 4.79 Å². The van der Waals surface area contributed by atoms with E-state index in [1.165, 1.54) is 11.3 Å². The van der Waals surface area contributed by atoms with Crippen molar-refractivity contribution in [3.05, 3.63) is 16.1 Å². The Labute approximate surface area is 124 Å². The van der Waals surface area contributed by atoms with E-state index < -0.39 is 0 Å². The molecule has 0 aliphatic carbocycles. The molecule has 1 aromatic rings. The number of aryl methyl sites for hydroxylation is 1. The lowest BCUT2D eigenvalue weighted by molar-refractivity contribution is 0.0944. The summed E-state index contributed by atoms with van der Waals surface area (Å²) >= 11 is 1.51. The fourth-order valence-corrected chi connectivity index (χ4v) is 2.70. The standard InChI is InChI=1S/C11H17N3OS.2ClH/c1-2-3-10-13-7-9(16-10)11(15)14-8-4-5-12-6-8;;/h7-8,12H,2-6H2,1H3,(H,14,15);2*1H. The van der Waals surface area contributed by atoms with E-state index in [-0.39, 0.29) is 36.8 Å². The molecule has 0 spiro atoms. The molecule has 2 rings (SSSR count). The SMILES string of the molecule is CCCc1ncc(C(=O)NC2CCNC2)s1.Cl.Cl. The van der Waals surface area contributed by atoms with Gasteiger partial charge in [-0.2, -0.15) is 0 Å². The number of nitrogens with one attached hydrogen (secondary N) is 2. The maximum Gasteiger partial charge on any atom is 0.263 e. The third kappa shape index (κ3) is 4.72. The predicted molar refractivity (Wildman–Crippen MR) is 79.3 cm³/mol. The van der Waals surface area contributed by atoms with Gasteiger partial charge in [-0.15, -0.1) is 36.2 Å². The van der Waals surface area contributed by atoms with E-state index in [0.717, 1.165) is 42.2 Å². The first kappa shape index (κ1) is 17.6. The zero-order chi connectivity index (χ0) is 11.4. The quantitative estimate of drug-likeness (QED) is 0.894. The molecule has 104 valence electrons.